The van der Waals surface area contributed by atoms with Gasteiger partial charge in [-0.3, -0.25) is 4.79 Å². The van der Waals surface area contributed by atoms with Gasteiger partial charge in [0, 0.05) is 17.4 Å². The lowest BCUT2D eigenvalue weighted by Crippen LogP contribution is -2.61. The van der Waals surface area contributed by atoms with Crippen LogP contribution in [0.25, 0.3) is 0 Å². The minimum Gasteiger partial charge on any atom is -0.390 e. The Bertz CT molecular complexity index is 745. The average Bonchev–Trinajstić information content (AvgIpc) is 2.94. The Morgan fingerprint density at radius 2 is 1.87 bits per heavy atom. The third-order valence-corrected chi connectivity index (χ3v) is 9.39. The summed E-state index contributed by atoms with van der Waals surface area (Å²) in [5, 5.41) is 35.4. The zero-order valence-corrected chi connectivity index (χ0v) is 18.1. The van der Waals surface area contributed by atoms with Crippen molar-refractivity contribution in [3.8, 4) is 0 Å². The largest absolute Gasteiger partial charge is 0.390 e. The molecule has 5 nitrogen and oxygen atoms in total. The van der Waals surface area contributed by atoms with E-state index in [0.29, 0.717) is 19.3 Å². The summed E-state index contributed by atoms with van der Waals surface area (Å²) in [6.07, 6.45) is 0.795. The lowest BCUT2D eigenvalue weighted by atomic mass is 9.46. The SMILES string of the molecule is CC(NCC(F)F)C1CC[C@@]2(O)C3=CC(=O)[C@@H]4C[C@@H](O)[C@@H](O)C[C@]4(C)C3CC[C@]12C. The van der Waals surface area contributed by atoms with Crippen LogP contribution in [0, 0.1) is 28.6 Å². The molecule has 30 heavy (non-hydrogen) atoms. The maximum atomic E-state index is 13.1. The molecule has 3 saturated carbocycles. The number of aliphatic hydroxyl groups excluding tert-OH is 2. The van der Waals surface area contributed by atoms with Crippen LogP contribution in [0.1, 0.15) is 59.3 Å². The molecule has 4 rings (SSSR count). The number of halogens is 2. The quantitative estimate of drug-likeness (QED) is 0.553. The van der Waals surface area contributed by atoms with Crippen molar-refractivity contribution in [2.45, 2.75) is 89.6 Å². The number of hydrogen-bond acceptors (Lipinski definition) is 5. The Labute approximate surface area is 176 Å². The van der Waals surface area contributed by atoms with E-state index in [1.54, 1.807) is 6.08 Å². The molecule has 3 fully saturated rings. The van der Waals surface area contributed by atoms with E-state index >= 15 is 0 Å². The van der Waals surface area contributed by atoms with Crippen molar-refractivity contribution < 1.29 is 28.9 Å². The summed E-state index contributed by atoms with van der Waals surface area (Å²) < 4.78 is 25.4. The van der Waals surface area contributed by atoms with Crippen LogP contribution >= 0.6 is 0 Å². The van der Waals surface area contributed by atoms with Gasteiger partial charge in [0.05, 0.1) is 24.4 Å². The van der Waals surface area contributed by atoms with Crippen molar-refractivity contribution in [3.63, 3.8) is 0 Å². The Morgan fingerprint density at radius 3 is 2.53 bits per heavy atom. The summed E-state index contributed by atoms with van der Waals surface area (Å²) in [6.45, 7) is 5.61. The van der Waals surface area contributed by atoms with E-state index in [1.165, 1.54) is 0 Å². The molecule has 4 aliphatic rings. The van der Waals surface area contributed by atoms with Crippen LogP contribution in [0.3, 0.4) is 0 Å². The molecular weight excluding hydrogens is 392 g/mol. The molecule has 0 aromatic rings. The summed E-state index contributed by atoms with van der Waals surface area (Å²) in [4.78, 5) is 13.1. The molecular formula is C23H35F2NO4. The van der Waals surface area contributed by atoms with Gasteiger partial charge in [-0.2, -0.15) is 0 Å². The molecule has 9 atom stereocenters. The van der Waals surface area contributed by atoms with Gasteiger partial charge >= 0.3 is 0 Å². The number of rotatable bonds is 4. The van der Waals surface area contributed by atoms with Crippen LogP contribution in [0.5, 0.6) is 0 Å². The molecule has 170 valence electrons. The second-order valence-corrected chi connectivity index (χ2v) is 10.7. The number of nitrogens with one attached hydrogen (secondary N) is 1. The first kappa shape index (κ1) is 22.3. The van der Waals surface area contributed by atoms with Crippen LogP contribution in [0.2, 0.25) is 0 Å². The molecule has 4 N–H and O–H groups in total. The number of carbonyl (C=O) groups is 1. The molecule has 4 aliphatic carbocycles. The van der Waals surface area contributed by atoms with Gasteiger partial charge in [-0.15, -0.1) is 0 Å². The first-order valence-corrected chi connectivity index (χ1v) is 11.3. The Morgan fingerprint density at radius 1 is 1.17 bits per heavy atom. The minimum atomic E-state index is -2.42. The van der Waals surface area contributed by atoms with Gasteiger partial charge < -0.3 is 20.6 Å². The lowest BCUT2D eigenvalue weighted by molar-refractivity contribution is -0.152. The molecule has 7 heteroatoms. The number of carbonyl (C=O) groups excluding carboxylic acids is 1. The van der Waals surface area contributed by atoms with Crippen molar-refractivity contribution in [2.24, 2.45) is 28.6 Å². The standard InChI is InChI=1S/C23H35F2NO4/c1-12(26-11-20(24)25)13-5-7-23(30)15-8-17(27)16-9-18(28)19(29)10-21(16,2)14(15)4-6-22(13,23)3/h8,12-14,16,18-20,26,28-30H,4-7,9-11H2,1-3H3/t12?,13?,14?,16-,18+,19-,21+,22+,23+/m0/s1. The van der Waals surface area contributed by atoms with Crippen molar-refractivity contribution in [1.82, 2.24) is 5.32 Å². The minimum absolute atomic E-state index is 0.0245. The zero-order valence-electron chi connectivity index (χ0n) is 18.1. The average molecular weight is 428 g/mol. The van der Waals surface area contributed by atoms with Gasteiger partial charge in [-0.05, 0) is 74.3 Å². The molecule has 0 saturated heterocycles. The van der Waals surface area contributed by atoms with E-state index < -0.39 is 35.1 Å². The number of alkyl halides is 2. The van der Waals surface area contributed by atoms with Crippen LogP contribution in [-0.4, -0.2) is 57.9 Å². The van der Waals surface area contributed by atoms with Gasteiger partial charge in [0.25, 0.3) is 6.43 Å². The zero-order chi connectivity index (χ0) is 22.1. The van der Waals surface area contributed by atoms with E-state index in [2.05, 4.69) is 5.32 Å². The second kappa shape index (κ2) is 7.32. The molecule has 0 bridgehead atoms. The van der Waals surface area contributed by atoms with Gasteiger partial charge in [-0.1, -0.05) is 13.8 Å². The third-order valence-electron chi connectivity index (χ3n) is 9.39. The van der Waals surface area contributed by atoms with Crippen molar-refractivity contribution in [3.05, 3.63) is 11.6 Å². The highest BCUT2D eigenvalue weighted by Gasteiger charge is 2.66. The van der Waals surface area contributed by atoms with Crippen molar-refractivity contribution in [2.75, 3.05) is 6.54 Å². The van der Waals surface area contributed by atoms with E-state index in [1.807, 2.05) is 20.8 Å². The van der Waals surface area contributed by atoms with Gasteiger partial charge in [-0.25, -0.2) is 8.78 Å². The smallest absolute Gasteiger partial charge is 0.250 e. The van der Waals surface area contributed by atoms with Gasteiger partial charge in [0.15, 0.2) is 5.78 Å². The van der Waals surface area contributed by atoms with E-state index in [0.717, 1.165) is 18.4 Å². The van der Waals surface area contributed by atoms with Crippen molar-refractivity contribution >= 4 is 5.78 Å². The summed E-state index contributed by atoms with van der Waals surface area (Å²) in [7, 11) is 0. The molecule has 0 amide bonds. The predicted octanol–water partition coefficient (Wildman–Crippen LogP) is 2.43. The maximum Gasteiger partial charge on any atom is 0.250 e. The van der Waals surface area contributed by atoms with Crippen LogP contribution in [-0.2, 0) is 4.79 Å². The van der Waals surface area contributed by atoms with Crippen LogP contribution in [0.15, 0.2) is 11.6 Å². The first-order chi connectivity index (χ1) is 13.9. The monoisotopic (exact) mass is 427 g/mol. The third kappa shape index (κ3) is 3.03. The number of aliphatic hydroxyl groups is 3. The fourth-order valence-electron chi connectivity index (χ4n) is 7.63. The first-order valence-electron chi connectivity index (χ1n) is 11.3. The highest BCUT2D eigenvalue weighted by Crippen LogP contribution is 2.67. The molecule has 0 spiro atoms. The second-order valence-electron chi connectivity index (χ2n) is 10.7. The molecule has 0 aromatic heterocycles. The van der Waals surface area contributed by atoms with Gasteiger partial charge in [0.1, 0.15) is 0 Å². The highest BCUT2D eigenvalue weighted by molar-refractivity contribution is 5.95. The number of fused-ring (bicyclic) bond motifs is 5. The molecule has 0 radical (unpaired) electrons. The Hall–Kier alpha value is -0.890. The highest BCUT2D eigenvalue weighted by atomic mass is 19.3. The summed E-state index contributed by atoms with van der Waals surface area (Å²) in [5.41, 5.74) is -1.37. The molecule has 3 unspecified atom stereocenters. The fraction of sp³-hybridized carbons (Fsp3) is 0.870. The summed E-state index contributed by atoms with van der Waals surface area (Å²) in [5.74, 6) is -0.410. The molecule has 0 aliphatic heterocycles. The topological polar surface area (TPSA) is 89.8 Å². The fourth-order valence-corrected chi connectivity index (χ4v) is 7.63. The van der Waals surface area contributed by atoms with Crippen LogP contribution < -0.4 is 5.32 Å². The van der Waals surface area contributed by atoms with E-state index in [4.69, 9.17) is 0 Å². The van der Waals surface area contributed by atoms with E-state index in [-0.39, 0.29) is 42.5 Å². The lowest BCUT2D eigenvalue weighted by Gasteiger charge is -2.60. The Balaban J connectivity index is 1.67. The number of hydrogen-bond donors (Lipinski definition) is 4. The number of ketones is 1. The van der Waals surface area contributed by atoms with E-state index in [9.17, 15) is 28.9 Å². The summed E-state index contributed by atoms with van der Waals surface area (Å²) >= 11 is 0. The molecule has 0 heterocycles. The Kier molecular flexibility index (Phi) is 5.45. The predicted molar refractivity (Wildman–Crippen MR) is 108 cm³/mol. The van der Waals surface area contributed by atoms with Gasteiger partial charge in [0.2, 0.25) is 0 Å². The maximum absolute atomic E-state index is 13.1. The summed E-state index contributed by atoms with van der Waals surface area (Å²) in [6, 6.07) is -0.163. The number of allylic oxidation sites excluding steroid dienone is 1. The van der Waals surface area contributed by atoms with Crippen molar-refractivity contribution in [1.29, 1.82) is 0 Å². The van der Waals surface area contributed by atoms with Crippen LogP contribution in [0.4, 0.5) is 8.78 Å². The normalized spacial score (nSPS) is 49.3. The molecule has 0 aromatic carbocycles.